The fourth-order valence-corrected chi connectivity index (χ4v) is 5.43. The first-order chi connectivity index (χ1) is 14.9. The van der Waals surface area contributed by atoms with Crippen LogP contribution in [0.5, 0.6) is 0 Å². The van der Waals surface area contributed by atoms with Crippen LogP contribution in [0.4, 0.5) is 10.9 Å². The average molecular weight is 479 g/mol. The lowest BCUT2D eigenvalue weighted by molar-refractivity contribution is -0.117. The van der Waals surface area contributed by atoms with E-state index in [1.165, 1.54) is 17.5 Å². The largest absolute Gasteiger partial charge is 0.310 e. The topological polar surface area (TPSA) is 127 Å². The van der Waals surface area contributed by atoms with E-state index in [1.54, 1.807) is 29.9 Å². The number of sulfonamides is 1. The van der Waals surface area contributed by atoms with Gasteiger partial charge in [0.15, 0.2) is 5.13 Å². The van der Waals surface area contributed by atoms with Crippen LogP contribution in [-0.4, -0.2) is 39.5 Å². The minimum Gasteiger partial charge on any atom is -0.310 e. The number of halogens is 1. The van der Waals surface area contributed by atoms with Gasteiger partial charge < -0.3 is 5.32 Å². The molecule has 1 aliphatic rings. The van der Waals surface area contributed by atoms with Crippen molar-refractivity contribution in [1.29, 1.82) is 0 Å². The van der Waals surface area contributed by atoms with Crippen LogP contribution in [0.1, 0.15) is 37.8 Å². The first-order valence-electron chi connectivity index (χ1n) is 9.57. The Bertz CT molecular complexity index is 1200. The van der Waals surface area contributed by atoms with Gasteiger partial charge in [0.05, 0.1) is 34.9 Å². The predicted octanol–water partition coefficient (Wildman–Crippen LogP) is 3.68. The summed E-state index contributed by atoms with van der Waals surface area (Å²) in [5.41, 5.74) is 1.81. The van der Waals surface area contributed by atoms with Crippen LogP contribution in [-0.2, 0) is 14.8 Å². The molecule has 1 fully saturated rings. The van der Waals surface area contributed by atoms with Crippen LogP contribution in [0.15, 0.2) is 36.1 Å². The molecule has 0 saturated heterocycles. The molecule has 4 rings (SSSR count). The molecule has 0 aliphatic heterocycles. The number of hydrogen-bond donors (Lipinski definition) is 2. The van der Waals surface area contributed by atoms with Crippen LogP contribution in [0.3, 0.4) is 0 Å². The lowest BCUT2D eigenvalue weighted by Gasteiger charge is -2.12. The fraction of sp³-hybridized carbons (Fsp3) is 0.316. The lowest BCUT2D eigenvalue weighted by Crippen LogP contribution is -2.22. The summed E-state index contributed by atoms with van der Waals surface area (Å²) in [4.78, 5) is 29.5. The zero-order valence-electron chi connectivity index (χ0n) is 16.4. The van der Waals surface area contributed by atoms with Crippen molar-refractivity contribution >= 4 is 49.8 Å². The molecule has 1 unspecified atom stereocenters. The molecule has 1 amide bonds. The van der Waals surface area contributed by atoms with Crippen molar-refractivity contribution < 1.29 is 13.2 Å². The van der Waals surface area contributed by atoms with Gasteiger partial charge in [-0.1, -0.05) is 18.5 Å². The second-order valence-electron chi connectivity index (χ2n) is 7.03. The number of aromatic nitrogens is 4. The number of thiazole rings is 1. The molecule has 31 heavy (non-hydrogen) atoms. The summed E-state index contributed by atoms with van der Waals surface area (Å²) in [6.45, 7) is 1.87. The molecule has 9 nitrogen and oxygen atoms in total. The zero-order chi connectivity index (χ0) is 22.0. The lowest BCUT2D eigenvalue weighted by atomic mass is 10.0. The standard InChI is InChI=1S/C19H19ClN6O3S2/c1-2-13(15-10-30-19(24-15)26-31(28,29)12-4-5-12)18(27)25-17-6-3-11(7-22-17)14-8-21-9-16(20)23-14/h3,6-10,12-13H,2,4-5H2,1H3,(H,24,26)(H,22,25,27). The van der Waals surface area contributed by atoms with Gasteiger partial charge in [0.2, 0.25) is 15.9 Å². The summed E-state index contributed by atoms with van der Waals surface area (Å²) in [7, 11) is -3.39. The Morgan fingerprint density at radius 1 is 1.26 bits per heavy atom. The van der Waals surface area contributed by atoms with Crippen LogP contribution in [0.2, 0.25) is 5.15 Å². The van der Waals surface area contributed by atoms with Gasteiger partial charge in [-0.15, -0.1) is 11.3 Å². The van der Waals surface area contributed by atoms with Crippen molar-refractivity contribution in [3.8, 4) is 11.3 Å². The van der Waals surface area contributed by atoms with Gasteiger partial charge in [0.25, 0.3) is 0 Å². The highest BCUT2D eigenvalue weighted by atomic mass is 35.5. The molecule has 0 radical (unpaired) electrons. The Labute approximate surface area is 188 Å². The number of rotatable bonds is 8. The van der Waals surface area contributed by atoms with Crippen molar-refractivity contribution in [2.45, 2.75) is 37.4 Å². The molecule has 1 saturated carbocycles. The highest BCUT2D eigenvalue weighted by molar-refractivity contribution is 7.93. The number of carbonyl (C=O) groups excluding carboxylic acids is 1. The number of nitrogens with zero attached hydrogens (tertiary/aromatic N) is 4. The van der Waals surface area contributed by atoms with E-state index >= 15 is 0 Å². The number of carbonyl (C=O) groups is 1. The van der Waals surface area contributed by atoms with E-state index < -0.39 is 15.9 Å². The summed E-state index contributed by atoms with van der Waals surface area (Å²) >= 11 is 7.03. The summed E-state index contributed by atoms with van der Waals surface area (Å²) < 4.78 is 26.7. The molecule has 162 valence electrons. The van der Waals surface area contributed by atoms with Crippen LogP contribution in [0.25, 0.3) is 11.3 Å². The maximum atomic E-state index is 12.8. The number of anilines is 2. The third-order valence-electron chi connectivity index (χ3n) is 4.71. The second kappa shape index (κ2) is 8.85. The smallest absolute Gasteiger partial charge is 0.237 e. The van der Waals surface area contributed by atoms with E-state index in [4.69, 9.17) is 11.6 Å². The van der Waals surface area contributed by atoms with Gasteiger partial charge in [0, 0.05) is 17.1 Å². The van der Waals surface area contributed by atoms with Crippen LogP contribution in [0, 0.1) is 0 Å². The van der Waals surface area contributed by atoms with Gasteiger partial charge in [-0.2, -0.15) is 0 Å². The molecule has 0 spiro atoms. The Morgan fingerprint density at radius 2 is 2.06 bits per heavy atom. The second-order valence-corrected chi connectivity index (χ2v) is 10.2. The van der Waals surface area contributed by atoms with Gasteiger partial charge in [0.1, 0.15) is 11.0 Å². The Balaban J connectivity index is 1.43. The van der Waals surface area contributed by atoms with Crippen LogP contribution >= 0.6 is 22.9 Å². The summed E-state index contributed by atoms with van der Waals surface area (Å²) in [6, 6.07) is 3.43. The molecule has 0 bridgehead atoms. The Morgan fingerprint density at radius 3 is 2.71 bits per heavy atom. The third-order valence-corrected chi connectivity index (χ3v) is 7.63. The van der Waals surface area contributed by atoms with Crippen molar-refractivity contribution in [3.05, 3.63) is 47.0 Å². The van der Waals surface area contributed by atoms with Gasteiger partial charge in [-0.3, -0.25) is 14.5 Å². The molecule has 3 aromatic rings. The Kier molecular flexibility index (Phi) is 6.17. The monoisotopic (exact) mass is 478 g/mol. The van der Waals surface area contributed by atoms with E-state index in [9.17, 15) is 13.2 Å². The molecule has 3 aromatic heterocycles. The number of pyridine rings is 1. The maximum absolute atomic E-state index is 12.8. The third kappa shape index (κ3) is 5.17. The predicted molar refractivity (Wildman–Crippen MR) is 120 cm³/mol. The SMILES string of the molecule is CCC(C(=O)Nc1ccc(-c2cncc(Cl)n2)cn1)c1csc(NS(=O)(=O)C2CC2)n1. The quantitative estimate of drug-likeness (QED) is 0.505. The molecule has 1 atom stereocenters. The Hall–Kier alpha value is -2.63. The number of hydrogen-bond acceptors (Lipinski definition) is 8. The number of amides is 1. The van der Waals surface area contributed by atoms with Gasteiger partial charge in [-0.25, -0.2) is 23.4 Å². The molecule has 12 heteroatoms. The highest BCUT2D eigenvalue weighted by Crippen LogP contribution is 2.32. The van der Waals surface area contributed by atoms with Gasteiger partial charge in [-0.05, 0) is 31.4 Å². The zero-order valence-corrected chi connectivity index (χ0v) is 18.8. The maximum Gasteiger partial charge on any atom is 0.237 e. The van der Waals surface area contributed by atoms with Crippen molar-refractivity contribution in [2.75, 3.05) is 10.0 Å². The van der Waals surface area contributed by atoms with Crippen molar-refractivity contribution in [3.63, 3.8) is 0 Å². The van der Waals surface area contributed by atoms with Gasteiger partial charge >= 0.3 is 0 Å². The highest BCUT2D eigenvalue weighted by Gasteiger charge is 2.36. The molecule has 3 heterocycles. The minimum atomic E-state index is -3.39. The van der Waals surface area contributed by atoms with E-state index in [-0.39, 0.29) is 21.4 Å². The fourth-order valence-electron chi connectivity index (χ4n) is 2.92. The van der Waals surface area contributed by atoms with Crippen molar-refractivity contribution in [1.82, 2.24) is 19.9 Å². The molecular formula is C19H19ClN6O3S2. The molecule has 1 aliphatic carbocycles. The normalized spacial score (nSPS) is 14.8. The summed E-state index contributed by atoms with van der Waals surface area (Å²) in [6.07, 6.45) is 6.43. The van der Waals surface area contributed by atoms with E-state index in [1.807, 2.05) is 6.92 Å². The average Bonchev–Trinajstić information content (AvgIpc) is 3.51. The van der Waals surface area contributed by atoms with E-state index in [0.29, 0.717) is 42.0 Å². The number of nitrogens with one attached hydrogen (secondary N) is 2. The molecule has 2 N–H and O–H groups in total. The first-order valence-corrected chi connectivity index (χ1v) is 12.4. The first kappa shape index (κ1) is 21.6. The van der Waals surface area contributed by atoms with Crippen molar-refractivity contribution in [2.24, 2.45) is 0 Å². The molecular weight excluding hydrogens is 460 g/mol. The van der Waals surface area contributed by atoms with E-state index in [0.717, 1.165) is 0 Å². The summed E-state index contributed by atoms with van der Waals surface area (Å²) in [5, 5.41) is 4.70. The van der Waals surface area contributed by atoms with Crippen LogP contribution < -0.4 is 10.0 Å². The molecule has 0 aromatic carbocycles. The summed E-state index contributed by atoms with van der Waals surface area (Å²) in [5.74, 6) is -0.421. The van der Waals surface area contributed by atoms with E-state index in [2.05, 4.69) is 30.0 Å². The minimum absolute atomic E-state index is 0.271.